The number of ether oxygens (including phenoxy) is 2. The van der Waals surface area contributed by atoms with Gasteiger partial charge in [-0.15, -0.1) is 0 Å². The molecular weight excluding hydrogens is 354 g/mol. The zero-order valence-electron chi connectivity index (χ0n) is 16.4. The topological polar surface area (TPSA) is 110 Å². The molecule has 27 heavy (non-hydrogen) atoms. The molecule has 0 bridgehead atoms. The van der Waals surface area contributed by atoms with Gasteiger partial charge in [0.05, 0.1) is 18.6 Å². The first-order chi connectivity index (χ1) is 12.6. The molecule has 0 aromatic heterocycles. The number of nitrogens with zero attached hydrogens (tertiary/aromatic N) is 1. The highest BCUT2D eigenvalue weighted by Gasteiger charge is 2.41. The summed E-state index contributed by atoms with van der Waals surface area (Å²) in [5.74, 6) is -3.06. The first-order valence-corrected chi connectivity index (χ1v) is 9.09. The lowest BCUT2D eigenvalue weighted by Gasteiger charge is -2.34. The van der Waals surface area contributed by atoms with E-state index < -0.39 is 35.1 Å². The number of hydrogen-bond donors (Lipinski definition) is 1. The Morgan fingerprint density at radius 2 is 2.00 bits per heavy atom. The van der Waals surface area contributed by atoms with Crippen molar-refractivity contribution in [1.82, 2.24) is 4.90 Å². The number of carbonyl (C=O) groups excluding carboxylic acids is 3. The molecule has 1 saturated heterocycles. The van der Waals surface area contributed by atoms with E-state index in [0.29, 0.717) is 5.92 Å². The minimum atomic E-state index is -1.27. The molecule has 1 rings (SSSR count). The number of carbonyl (C=O) groups is 4. The minimum absolute atomic E-state index is 0.0236. The van der Waals surface area contributed by atoms with Crippen LogP contribution >= 0.6 is 0 Å². The van der Waals surface area contributed by atoms with E-state index in [-0.39, 0.29) is 26.4 Å². The predicted molar refractivity (Wildman–Crippen MR) is 96.9 cm³/mol. The number of esters is 1. The van der Waals surface area contributed by atoms with E-state index in [2.05, 4.69) is 13.8 Å². The molecule has 0 radical (unpaired) electrons. The van der Waals surface area contributed by atoms with Gasteiger partial charge in [0.25, 0.3) is 5.91 Å². The van der Waals surface area contributed by atoms with Gasteiger partial charge < -0.3 is 19.5 Å². The number of hydrogen-bond acceptors (Lipinski definition) is 6. The number of Topliss-reactive ketones (excluding diaryl/α,β-unsaturated/α-hetero) is 1. The molecule has 152 valence electrons. The van der Waals surface area contributed by atoms with E-state index >= 15 is 0 Å². The van der Waals surface area contributed by atoms with Crippen LogP contribution in [0.15, 0.2) is 12.2 Å². The molecule has 1 heterocycles. The molecule has 8 nitrogen and oxygen atoms in total. The Morgan fingerprint density at radius 1 is 1.33 bits per heavy atom. The van der Waals surface area contributed by atoms with Crippen LogP contribution in [0.2, 0.25) is 0 Å². The smallest absolute Gasteiger partial charge is 0.330 e. The van der Waals surface area contributed by atoms with Gasteiger partial charge in [-0.25, -0.2) is 9.59 Å². The van der Waals surface area contributed by atoms with E-state index in [1.807, 2.05) is 0 Å². The molecule has 0 aromatic rings. The van der Waals surface area contributed by atoms with Crippen molar-refractivity contribution in [2.75, 3.05) is 26.4 Å². The van der Waals surface area contributed by atoms with E-state index in [1.54, 1.807) is 6.08 Å². The van der Waals surface area contributed by atoms with Crippen LogP contribution in [0.1, 0.15) is 40.5 Å². The van der Waals surface area contributed by atoms with Crippen molar-refractivity contribution < 1.29 is 33.8 Å². The van der Waals surface area contributed by atoms with E-state index in [0.717, 1.165) is 17.7 Å². The first kappa shape index (κ1) is 22.8. The highest BCUT2D eigenvalue weighted by Crippen LogP contribution is 2.21. The third-order valence-corrected chi connectivity index (χ3v) is 4.55. The van der Waals surface area contributed by atoms with E-state index in [4.69, 9.17) is 9.47 Å². The molecule has 0 saturated carbocycles. The summed E-state index contributed by atoms with van der Waals surface area (Å²) in [4.78, 5) is 49.1. The first-order valence-electron chi connectivity index (χ1n) is 9.09. The zero-order valence-corrected chi connectivity index (χ0v) is 16.4. The van der Waals surface area contributed by atoms with Gasteiger partial charge in [0, 0.05) is 12.6 Å². The average Bonchev–Trinajstić information content (AvgIpc) is 2.64. The number of aliphatic carboxylic acids is 1. The number of morpholine rings is 1. The summed E-state index contributed by atoms with van der Waals surface area (Å²) < 4.78 is 10.2. The third kappa shape index (κ3) is 6.78. The fourth-order valence-electron chi connectivity index (χ4n) is 2.40. The van der Waals surface area contributed by atoms with Crippen LogP contribution in [0.3, 0.4) is 0 Å². The number of allylic oxidation sites excluding steroid dienone is 1. The summed E-state index contributed by atoms with van der Waals surface area (Å²) in [6.45, 7) is 6.86. The number of carboxylic acid groups (broad SMARTS) is 1. The van der Waals surface area contributed by atoms with Gasteiger partial charge in [-0.1, -0.05) is 26.3 Å². The lowest BCUT2D eigenvalue weighted by Crippen LogP contribution is -2.56. The summed E-state index contributed by atoms with van der Waals surface area (Å²) >= 11 is 0. The second-order valence-electron chi connectivity index (χ2n) is 7.40. The van der Waals surface area contributed by atoms with Crippen molar-refractivity contribution >= 4 is 23.6 Å². The molecule has 0 aromatic carbocycles. The Hall–Kier alpha value is -2.22. The van der Waals surface area contributed by atoms with Gasteiger partial charge in [0.15, 0.2) is 6.04 Å². The quantitative estimate of drug-likeness (QED) is 0.364. The van der Waals surface area contributed by atoms with Gasteiger partial charge in [-0.05, 0) is 26.2 Å². The van der Waals surface area contributed by atoms with E-state index in [9.17, 15) is 24.3 Å². The van der Waals surface area contributed by atoms with Gasteiger partial charge >= 0.3 is 11.9 Å². The molecule has 1 amide bonds. The van der Waals surface area contributed by atoms with Gasteiger partial charge in [-0.2, -0.15) is 0 Å². The van der Waals surface area contributed by atoms with Crippen LogP contribution < -0.4 is 0 Å². The highest BCUT2D eigenvalue weighted by molar-refractivity contribution is 6.38. The Morgan fingerprint density at radius 3 is 2.59 bits per heavy atom. The molecule has 0 aliphatic carbocycles. The average molecular weight is 383 g/mol. The lowest BCUT2D eigenvalue weighted by atomic mass is 9.88. The van der Waals surface area contributed by atoms with Crippen molar-refractivity contribution in [3.8, 4) is 0 Å². The van der Waals surface area contributed by atoms with Crippen molar-refractivity contribution in [3.05, 3.63) is 12.2 Å². The Labute approximate surface area is 159 Å². The maximum atomic E-state index is 12.6. The Balaban J connectivity index is 2.65. The second-order valence-corrected chi connectivity index (χ2v) is 7.40. The van der Waals surface area contributed by atoms with Crippen LogP contribution in [0.25, 0.3) is 0 Å². The van der Waals surface area contributed by atoms with Crippen molar-refractivity contribution in [1.29, 1.82) is 0 Å². The largest absolute Gasteiger partial charge is 0.480 e. The maximum Gasteiger partial charge on any atom is 0.330 e. The van der Waals surface area contributed by atoms with Crippen LogP contribution in [0.5, 0.6) is 0 Å². The Kier molecular flexibility index (Phi) is 8.62. The number of rotatable bonds is 9. The number of amides is 1. The molecular formula is C19H29NO7. The molecule has 1 fully saturated rings. The predicted octanol–water partition coefficient (Wildman–Crippen LogP) is 1.43. The minimum Gasteiger partial charge on any atom is -0.480 e. The standard InChI is InChI=1S/C19H29NO7/c1-5-13(2)7-6-8-15(21)27-12-19(3,4)16(22)17(23)20-9-10-26-11-14(20)18(24)25/h6,8,13-14H,5,7,9-12H2,1-4H3,(H,24,25)/b8-6-/t13?,14-/m0/s1. The third-order valence-electron chi connectivity index (χ3n) is 4.55. The van der Waals surface area contributed by atoms with E-state index in [1.165, 1.54) is 19.9 Å². The summed E-state index contributed by atoms with van der Waals surface area (Å²) in [6.07, 6.45) is 4.79. The fourth-order valence-corrected chi connectivity index (χ4v) is 2.40. The van der Waals surface area contributed by atoms with Crippen LogP contribution in [-0.2, 0) is 28.7 Å². The SMILES string of the molecule is CCC(C)C/C=C\C(=O)OCC(C)(C)C(=O)C(=O)N1CCOC[C@H]1C(=O)O. The van der Waals surface area contributed by atoms with Crippen molar-refractivity contribution in [3.63, 3.8) is 0 Å². The number of ketones is 1. The monoisotopic (exact) mass is 383 g/mol. The zero-order chi connectivity index (χ0) is 20.6. The molecule has 1 unspecified atom stereocenters. The molecule has 8 heteroatoms. The highest BCUT2D eigenvalue weighted by atomic mass is 16.5. The molecule has 0 spiro atoms. The van der Waals surface area contributed by atoms with Crippen LogP contribution in [-0.4, -0.2) is 66.0 Å². The molecule has 1 aliphatic heterocycles. The second kappa shape index (κ2) is 10.2. The fraction of sp³-hybridized carbons (Fsp3) is 0.684. The Bertz CT molecular complexity index is 597. The van der Waals surface area contributed by atoms with Crippen molar-refractivity contribution in [2.24, 2.45) is 11.3 Å². The lowest BCUT2D eigenvalue weighted by molar-refractivity contribution is -0.164. The summed E-state index contributed by atoms with van der Waals surface area (Å²) in [7, 11) is 0. The van der Waals surface area contributed by atoms with Gasteiger partial charge in [0.2, 0.25) is 5.78 Å². The molecule has 2 atom stereocenters. The van der Waals surface area contributed by atoms with Crippen molar-refractivity contribution in [2.45, 2.75) is 46.6 Å². The van der Waals surface area contributed by atoms with Gasteiger partial charge in [0.1, 0.15) is 6.61 Å². The van der Waals surface area contributed by atoms with Gasteiger partial charge in [-0.3, -0.25) is 9.59 Å². The summed E-state index contributed by atoms with van der Waals surface area (Å²) in [5.41, 5.74) is -1.27. The van der Waals surface area contributed by atoms with Crippen LogP contribution in [0, 0.1) is 11.3 Å². The maximum absolute atomic E-state index is 12.6. The molecule has 1 aliphatic rings. The summed E-state index contributed by atoms with van der Waals surface area (Å²) in [5, 5.41) is 9.20. The molecule has 1 N–H and O–H groups in total. The number of carboxylic acids is 1. The normalized spacial score (nSPS) is 19.0. The van der Waals surface area contributed by atoms with Crippen LogP contribution in [0.4, 0.5) is 0 Å². The summed E-state index contributed by atoms with van der Waals surface area (Å²) in [6, 6.07) is -1.20.